The van der Waals surface area contributed by atoms with Gasteiger partial charge in [0, 0.05) is 12.2 Å². The fourth-order valence-corrected chi connectivity index (χ4v) is 1.31. The van der Waals surface area contributed by atoms with E-state index in [1.165, 1.54) is 0 Å². The van der Waals surface area contributed by atoms with Crippen LogP contribution in [0.3, 0.4) is 0 Å². The first-order valence-electron chi connectivity index (χ1n) is 5.39. The molecule has 1 aromatic carbocycles. The SMILES string of the molecule is C=C(C)COCCNc1ccc(N)cc1C#N. The van der Waals surface area contributed by atoms with Crippen molar-refractivity contribution >= 4 is 11.4 Å². The molecule has 4 nitrogen and oxygen atoms in total. The minimum Gasteiger partial charge on any atom is -0.399 e. The molecule has 90 valence electrons. The Morgan fingerprint density at radius 1 is 1.59 bits per heavy atom. The molecule has 0 saturated heterocycles. The van der Waals surface area contributed by atoms with E-state index in [1.807, 2.05) is 6.92 Å². The Hall–Kier alpha value is -1.99. The average molecular weight is 231 g/mol. The smallest absolute Gasteiger partial charge is 0.101 e. The second kappa shape index (κ2) is 6.56. The van der Waals surface area contributed by atoms with Crippen LogP contribution < -0.4 is 11.1 Å². The molecule has 0 spiro atoms. The van der Waals surface area contributed by atoms with Crippen molar-refractivity contribution in [3.8, 4) is 6.07 Å². The van der Waals surface area contributed by atoms with Gasteiger partial charge in [-0.1, -0.05) is 12.2 Å². The van der Waals surface area contributed by atoms with E-state index in [-0.39, 0.29) is 0 Å². The summed E-state index contributed by atoms with van der Waals surface area (Å²) in [6.07, 6.45) is 0. The molecule has 1 rings (SSSR count). The van der Waals surface area contributed by atoms with Crippen LogP contribution in [0, 0.1) is 11.3 Å². The van der Waals surface area contributed by atoms with Gasteiger partial charge in [-0.05, 0) is 25.1 Å². The van der Waals surface area contributed by atoms with Crippen molar-refractivity contribution in [2.45, 2.75) is 6.92 Å². The first kappa shape index (κ1) is 13.1. The van der Waals surface area contributed by atoms with Crippen LogP contribution in [0.25, 0.3) is 0 Å². The standard InChI is InChI=1S/C13H17N3O/c1-10(2)9-17-6-5-16-13-4-3-12(15)7-11(13)8-14/h3-4,7,16H,1,5-6,9,15H2,2H3. The molecule has 0 fully saturated rings. The maximum Gasteiger partial charge on any atom is 0.101 e. The number of hydrogen-bond donors (Lipinski definition) is 2. The molecule has 0 aliphatic heterocycles. The van der Waals surface area contributed by atoms with E-state index in [2.05, 4.69) is 18.0 Å². The molecule has 3 N–H and O–H groups in total. The number of hydrogen-bond acceptors (Lipinski definition) is 4. The van der Waals surface area contributed by atoms with Gasteiger partial charge < -0.3 is 15.8 Å². The number of nitrogen functional groups attached to an aromatic ring is 1. The third kappa shape index (κ3) is 4.58. The van der Waals surface area contributed by atoms with Gasteiger partial charge in [-0.3, -0.25) is 0 Å². The largest absolute Gasteiger partial charge is 0.399 e. The van der Waals surface area contributed by atoms with Crippen LogP contribution in [-0.2, 0) is 4.74 Å². The van der Waals surface area contributed by atoms with Crippen molar-refractivity contribution in [3.05, 3.63) is 35.9 Å². The summed E-state index contributed by atoms with van der Waals surface area (Å²) in [7, 11) is 0. The molecule has 0 aliphatic rings. The maximum atomic E-state index is 8.93. The van der Waals surface area contributed by atoms with Gasteiger partial charge in [-0.2, -0.15) is 5.26 Å². The van der Waals surface area contributed by atoms with Crippen LogP contribution in [0.1, 0.15) is 12.5 Å². The van der Waals surface area contributed by atoms with Crippen molar-refractivity contribution in [2.24, 2.45) is 0 Å². The zero-order chi connectivity index (χ0) is 12.7. The predicted molar refractivity (Wildman–Crippen MR) is 69.7 cm³/mol. The fraction of sp³-hybridized carbons (Fsp3) is 0.308. The summed E-state index contributed by atoms with van der Waals surface area (Å²) in [5.74, 6) is 0. The van der Waals surface area contributed by atoms with Gasteiger partial charge in [0.1, 0.15) is 6.07 Å². The van der Waals surface area contributed by atoms with E-state index in [0.717, 1.165) is 11.3 Å². The highest BCUT2D eigenvalue weighted by Gasteiger charge is 2.01. The third-order valence-electron chi connectivity index (χ3n) is 2.07. The molecule has 0 atom stereocenters. The number of nitrogens with zero attached hydrogens (tertiary/aromatic N) is 1. The van der Waals surface area contributed by atoms with Crippen LogP contribution in [0.15, 0.2) is 30.4 Å². The van der Waals surface area contributed by atoms with Gasteiger partial charge in [-0.25, -0.2) is 0 Å². The van der Waals surface area contributed by atoms with E-state index in [4.69, 9.17) is 15.7 Å². The Balaban J connectivity index is 2.42. The number of nitrogens with one attached hydrogen (secondary N) is 1. The van der Waals surface area contributed by atoms with Gasteiger partial charge in [0.05, 0.1) is 24.5 Å². The maximum absolute atomic E-state index is 8.93. The summed E-state index contributed by atoms with van der Waals surface area (Å²) < 4.78 is 5.34. The zero-order valence-electron chi connectivity index (χ0n) is 9.99. The van der Waals surface area contributed by atoms with Gasteiger partial charge in [0.2, 0.25) is 0 Å². The lowest BCUT2D eigenvalue weighted by molar-refractivity contribution is 0.167. The monoisotopic (exact) mass is 231 g/mol. The minimum absolute atomic E-state index is 0.546. The van der Waals surface area contributed by atoms with E-state index >= 15 is 0 Å². The number of benzene rings is 1. The van der Waals surface area contributed by atoms with E-state index in [9.17, 15) is 0 Å². The summed E-state index contributed by atoms with van der Waals surface area (Å²) in [5, 5.41) is 12.1. The molecular formula is C13H17N3O. The van der Waals surface area contributed by atoms with Gasteiger partial charge in [0.15, 0.2) is 0 Å². The Morgan fingerprint density at radius 2 is 2.35 bits per heavy atom. The van der Waals surface area contributed by atoms with Crippen LogP contribution in [-0.4, -0.2) is 19.8 Å². The van der Waals surface area contributed by atoms with Crippen molar-refractivity contribution in [1.29, 1.82) is 5.26 Å². The highest BCUT2D eigenvalue weighted by atomic mass is 16.5. The molecule has 1 aromatic rings. The van der Waals surface area contributed by atoms with E-state index in [0.29, 0.717) is 31.0 Å². The Bertz CT molecular complexity index is 435. The Labute approximate surface area is 102 Å². The summed E-state index contributed by atoms with van der Waals surface area (Å²) >= 11 is 0. The minimum atomic E-state index is 0.546. The number of ether oxygens (including phenoxy) is 1. The van der Waals surface area contributed by atoms with E-state index in [1.54, 1.807) is 18.2 Å². The summed E-state index contributed by atoms with van der Waals surface area (Å²) in [4.78, 5) is 0. The average Bonchev–Trinajstić information content (AvgIpc) is 2.29. The fourth-order valence-electron chi connectivity index (χ4n) is 1.31. The van der Waals surface area contributed by atoms with Crippen molar-refractivity contribution in [2.75, 3.05) is 30.8 Å². The quantitative estimate of drug-likeness (QED) is 0.447. The Kier molecular flexibility index (Phi) is 5.05. The van der Waals surface area contributed by atoms with Crippen LogP contribution in [0.5, 0.6) is 0 Å². The summed E-state index contributed by atoms with van der Waals surface area (Å²) in [6.45, 7) is 7.44. The summed E-state index contributed by atoms with van der Waals surface area (Å²) in [5.41, 5.74) is 8.51. The van der Waals surface area contributed by atoms with Crippen molar-refractivity contribution < 1.29 is 4.74 Å². The van der Waals surface area contributed by atoms with Crippen LogP contribution in [0.4, 0.5) is 11.4 Å². The topological polar surface area (TPSA) is 71.1 Å². The predicted octanol–water partition coefficient (Wildman–Crippen LogP) is 2.15. The third-order valence-corrected chi connectivity index (χ3v) is 2.07. The lowest BCUT2D eigenvalue weighted by atomic mass is 10.2. The van der Waals surface area contributed by atoms with Gasteiger partial charge >= 0.3 is 0 Å². The molecular weight excluding hydrogens is 214 g/mol. The lowest BCUT2D eigenvalue weighted by Gasteiger charge is -2.09. The molecule has 0 amide bonds. The molecule has 0 bridgehead atoms. The number of nitrogens with two attached hydrogens (primary N) is 1. The highest BCUT2D eigenvalue weighted by Crippen LogP contribution is 2.17. The van der Waals surface area contributed by atoms with Crippen molar-refractivity contribution in [3.63, 3.8) is 0 Å². The van der Waals surface area contributed by atoms with Gasteiger partial charge in [-0.15, -0.1) is 0 Å². The highest BCUT2D eigenvalue weighted by molar-refractivity contribution is 5.62. The molecule has 0 saturated carbocycles. The number of nitriles is 1. The van der Waals surface area contributed by atoms with E-state index < -0.39 is 0 Å². The Morgan fingerprint density at radius 3 is 3.00 bits per heavy atom. The second-order valence-electron chi connectivity index (χ2n) is 3.85. The molecule has 17 heavy (non-hydrogen) atoms. The zero-order valence-corrected chi connectivity index (χ0v) is 9.99. The van der Waals surface area contributed by atoms with Crippen molar-refractivity contribution in [1.82, 2.24) is 0 Å². The first-order valence-corrected chi connectivity index (χ1v) is 5.39. The normalized spacial score (nSPS) is 9.65. The number of anilines is 2. The lowest BCUT2D eigenvalue weighted by Crippen LogP contribution is -2.11. The van der Waals surface area contributed by atoms with Crippen LogP contribution >= 0.6 is 0 Å². The molecule has 0 aromatic heterocycles. The number of rotatable bonds is 6. The van der Waals surface area contributed by atoms with Gasteiger partial charge in [0.25, 0.3) is 0 Å². The van der Waals surface area contributed by atoms with Crippen LogP contribution in [0.2, 0.25) is 0 Å². The first-order chi connectivity index (χ1) is 8.13. The molecule has 0 heterocycles. The second-order valence-corrected chi connectivity index (χ2v) is 3.85. The molecule has 0 radical (unpaired) electrons. The molecule has 4 heteroatoms. The molecule has 0 unspecified atom stereocenters. The molecule has 0 aliphatic carbocycles. The summed E-state index contributed by atoms with van der Waals surface area (Å²) in [6, 6.07) is 7.31.